The van der Waals surface area contributed by atoms with Crippen molar-refractivity contribution in [3.8, 4) is 6.07 Å². The molecule has 3 aromatic rings. The van der Waals surface area contributed by atoms with E-state index in [4.69, 9.17) is 23.1 Å². The first-order valence-corrected chi connectivity index (χ1v) is 9.70. The van der Waals surface area contributed by atoms with Crippen LogP contribution in [0.15, 0.2) is 46.3 Å². The van der Waals surface area contributed by atoms with Crippen LogP contribution in [0.2, 0.25) is 5.02 Å². The molecule has 1 heterocycles. The van der Waals surface area contributed by atoms with E-state index in [1.54, 1.807) is 37.4 Å². The number of nitrogens with two attached hydrogens (primary N) is 2. The number of nitriles is 1. The fourth-order valence-corrected chi connectivity index (χ4v) is 3.74. The Balaban J connectivity index is 2.25. The first-order valence-electron chi connectivity index (χ1n) is 9.32. The van der Waals surface area contributed by atoms with Crippen LogP contribution in [0, 0.1) is 11.3 Å². The van der Waals surface area contributed by atoms with Gasteiger partial charge in [-0.1, -0.05) is 24.6 Å². The van der Waals surface area contributed by atoms with Crippen molar-refractivity contribution in [3.05, 3.63) is 79.9 Å². The molecule has 0 saturated heterocycles. The summed E-state index contributed by atoms with van der Waals surface area (Å²) in [5.41, 5.74) is 15.8. The summed E-state index contributed by atoms with van der Waals surface area (Å²) < 4.78 is 0. The second-order valence-corrected chi connectivity index (χ2v) is 7.01. The van der Waals surface area contributed by atoms with E-state index < -0.39 is 0 Å². The van der Waals surface area contributed by atoms with Crippen molar-refractivity contribution in [1.82, 2.24) is 10.2 Å². The molecule has 5 N–H and O–H groups in total. The number of H-pyrrole nitrogens is 1. The molecule has 0 unspecified atom stereocenters. The molecule has 3 rings (SSSR count). The van der Waals surface area contributed by atoms with Gasteiger partial charge in [0, 0.05) is 41.3 Å². The predicted octanol–water partition coefficient (Wildman–Crippen LogP) is 2.89. The van der Waals surface area contributed by atoms with E-state index in [1.165, 1.54) is 6.20 Å². The molecule has 0 saturated carbocycles. The minimum atomic E-state index is -0.300. The highest BCUT2D eigenvalue weighted by Gasteiger charge is 2.19. The van der Waals surface area contributed by atoms with Gasteiger partial charge in [0.15, 0.2) is 0 Å². The lowest BCUT2D eigenvalue weighted by atomic mass is 9.90. The average Bonchev–Trinajstić information content (AvgIpc) is 2.76. The number of nitrogens with one attached hydrogen (secondary N) is 1. The molecule has 7 nitrogen and oxygen atoms in total. The van der Waals surface area contributed by atoms with Crippen LogP contribution >= 0.6 is 11.6 Å². The number of rotatable bonds is 5. The van der Waals surface area contributed by atoms with Crippen molar-refractivity contribution in [3.63, 3.8) is 0 Å². The van der Waals surface area contributed by atoms with E-state index in [-0.39, 0.29) is 12.1 Å². The number of aromatic nitrogens is 2. The Bertz CT molecular complexity index is 1280. The maximum absolute atomic E-state index is 12.1. The number of aliphatic imine (C=N–C) groups is 1. The van der Waals surface area contributed by atoms with Crippen LogP contribution in [0.5, 0.6) is 0 Å². The molecule has 0 atom stereocenters. The van der Waals surface area contributed by atoms with Gasteiger partial charge in [-0.05, 0) is 41.8 Å². The molecule has 0 fully saturated rings. The summed E-state index contributed by atoms with van der Waals surface area (Å²) in [4.78, 5) is 16.5. The van der Waals surface area contributed by atoms with Crippen LogP contribution < -0.4 is 17.0 Å². The smallest absolute Gasteiger partial charge is 0.272 e. The van der Waals surface area contributed by atoms with Gasteiger partial charge in [-0.3, -0.25) is 9.79 Å². The quantitative estimate of drug-likeness (QED) is 0.545. The summed E-state index contributed by atoms with van der Waals surface area (Å²) in [6.45, 7) is 2.13. The largest absolute Gasteiger partial charge is 0.404 e. The highest BCUT2D eigenvalue weighted by molar-refractivity contribution is 6.35. The van der Waals surface area contributed by atoms with Crippen molar-refractivity contribution in [2.45, 2.75) is 19.9 Å². The van der Waals surface area contributed by atoms with Crippen LogP contribution in [-0.4, -0.2) is 23.0 Å². The standard InChI is InChI=1S/C22H21ClN6O/c1-3-12-6-14(23)8-17(18(12)9-24)21(27-2)19(10-25)13-4-5-15-16(7-13)20(11-26)28-29-22(15)30/h4-8,10H,3,11,25-26H2,1-2H3,(H,29,30). The van der Waals surface area contributed by atoms with E-state index in [9.17, 15) is 10.1 Å². The zero-order valence-electron chi connectivity index (χ0n) is 16.7. The second-order valence-electron chi connectivity index (χ2n) is 6.57. The molecule has 0 aliphatic heterocycles. The number of nitrogens with zero attached hydrogens (tertiary/aromatic N) is 3. The molecule has 0 aliphatic rings. The van der Waals surface area contributed by atoms with Crippen molar-refractivity contribution < 1.29 is 0 Å². The molecule has 0 bridgehead atoms. The summed E-state index contributed by atoms with van der Waals surface area (Å²) in [5, 5.41) is 17.9. The fraction of sp³-hybridized carbons (Fsp3) is 0.182. The third-order valence-electron chi connectivity index (χ3n) is 4.95. The van der Waals surface area contributed by atoms with Gasteiger partial charge in [0.05, 0.1) is 22.4 Å². The minimum absolute atomic E-state index is 0.167. The Labute approximate surface area is 178 Å². The molecule has 0 radical (unpaired) electrons. The minimum Gasteiger partial charge on any atom is -0.404 e. The van der Waals surface area contributed by atoms with Gasteiger partial charge in [-0.15, -0.1) is 0 Å². The SMILES string of the molecule is CCc1cc(Cl)cc(C(=NC)C(=CN)c2ccc3c(=O)[nH]nc(CN)c3c2)c1C#N. The van der Waals surface area contributed by atoms with Crippen LogP contribution in [0.3, 0.4) is 0 Å². The van der Waals surface area contributed by atoms with Gasteiger partial charge in [-0.2, -0.15) is 10.4 Å². The normalized spacial score (nSPS) is 12.2. The maximum atomic E-state index is 12.1. The number of aryl methyl sites for hydroxylation is 1. The number of hydrogen-bond donors (Lipinski definition) is 3. The van der Waals surface area contributed by atoms with Crippen molar-refractivity contribution in [1.29, 1.82) is 5.26 Å². The Hall–Kier alpha value is -3.47. The van der Waals surface area contributed by atoms with Gasteiger partial charge in [0.25, 0.3) is 5.56 Å². The van der Waals surface area contributed by atoms with Crippen LogP contribution in [0.4, 0.5) is 0 Å². The summed E-state index contributed by atoms with van der Waals surface area (Å²) in [7, 11) is 1.63. The van der Waals surface area contributed by atoms with E-state index in [2.05, 4.69) is 21.3 Å². The van der Waals surface area contributed by atoms with Gasteiger partial charge < -0.3 is 11.5 Å². The van der Waals surface area contributed by atoms with E-state index >= 15 is 0 Å². The number of fused-ring (bicyclic) bond motifs is 1. The Morgan fingerprint density at radius 1 is 1.33 bits per heavy atom. The molecule has 1 aromatic heterocycles. The molecule has 0 aliphatic carbocycles. The first-order chi connectivity index (χ1) is 14.5. The third-order valence-corrected chi connectivity index (χ3v) is 5.17. The number of allylic oxidation sites excluding steroid dienone is 1. The molecule has 2 aromatic carbocycles. The number of benzene rings is 2. The molecule has 0 spiro atoms. The Morgan fingerprint density at radius 3 is 2.70 bits per heavy atom. The average molecular weight is 421 g/mol. The highest BCUT2D eigenvalue weighted by Crippen LogP contribution is 2.29. The third kappa shape index (κ3) is 3.71. The monoisotopic (exact) mass is 420 g/mol. The van der Waals surface area contributed by atoms with Crippen molar-refractivity contribution in [2.24, 2.45) is 16.5 Å². The lowest BCUT2D eigenvalue weighted by Crippen LogP contribution is -2.14. The summed E-state index contributed by atoms with van der Waals surface area (Å²) in [6.07, 6.45) is 2.08. The highest BCUT2D eigenvalue weighted by atomic mass is 35.5. The molecule has 30 heavy (non-hydrogen) atoms. The van der Waals surface area contributed by atoms with Crippen molar-refractivity contribution in [2.75, 3.05) is 7.05 Å². The van der Waals surface area contributed by atoms with E-state index in [1.807, 2.05) is 6.92 Å². The first kappa shape index (κ1) is 21.2. The van der Waals surface area contributed by atoms with Gasteiger partial charge in [-0.25, -0.2) is 5.10 Å². The van der Waals surface area contributed by atoms with Gasteiger partial charge >= 0.3 is 0 Å². The predicted molar refractivity (Wildman–Crippen MR) is 120 cm³/mol. The summed E-state index contributed by atoms with van der Waals surface area (Å²) in [6, 6.07) is 11.0. The molecular weight excluding hydrogens is 400 g/mol. The van der Waals surface area contributed by atoms with Crippen LogP contribution in [0.1, 0.15) is 34.9 Å². The topological polar surface area (TPSA) is 134 Å². The fourth-order valence-electron chi connectivity index (χ4n) is 3.50. The molecule has 152 valence electrons. The lowest BCUT2D eigenvalue weighted by Gasteiger charge is -2.15. The maximum Gasteiger partial charge on any atom is 0.272 e. The Morgan fingerprint density at radius 2 is 2.10 bits per heavy atom. The Kier molecular flexibility index (Phi) is 6.31. The summed E-state index contributed by atoms with van der Waals surface area (Å²) in [5.74, 6) is 0. The van der Waals surface area contributed by atoms with E-state index in [0.29, 0.717) is 50.3 Å². The van der Waals surface area contributed by atoms with Crippen LogP contribution in [0.25, 0.3) is 16.3 Å². The zero-order chi connectivity index (χ0) is 21.8. The molecular formula is C22H21ClN6O. The number of halogens is 1. The molecule has 8 heteroatoms. The molecule has 0 amide bonds. The van der Waals surface area contributed by atoms with Gasteiger partial charge in [0.1, 0.15) is 6.07 Å². The number of aromatic amines is 1. The number of hydrogen-bond acceptors (Lipinski definition) is 6. The lowest BCUT2D eigenvalue weighted by molar-refractivity contribution is 0.900. The van der Waals surface area contributed by atoms with Crippen molar-refractivity contribution >= 4 is 33.7 Å². The summed E-state index contributed by atoms with van der Waals surface area (Å²) >= 11 is 6.31. The van der Waals surface area contributed by atoms with E-state index in [0.717, 1.165) is 11.1 Å². The van der Waals surface area contributed by atoms with Gasteiger partial charge in [0.2, 0.25) is 0 Å². The zero-order valence-corrected chi connectivity index (χ0v) is 17.4. The van der Waals surface area contributed by atoms with Crippen LogP contribution in [-0.2, 0) is 13.0 Å². The second kappa shape index (κ2) is 8.91.